The third kappa shape index (κ3) is 3.50. The van der Waals surface area contributed by atoms with Crippen molar-refractivity contribution in [3.8, 4) is 0 Å². The Kier molecular flexibility index (Phi) is 5.38. The van der Waals surface area contributed by atoms with Gasteiger partial charge in [-0.1, -0.05) is 32.6 Å². The van der Waals surface area contributed by atoms with Crippen molar-refractivity contribution >= 4 is 5.97 Å². The summed E-state index contributed by atoms with van der Waals surface area (Å²) in [5.41, 5.74) is 1.18. The van der Waals surface area contributed by atoms with Crippen molar-refractivity contribution in [3.05, 3.63) is 24.3 Å². The van der Waals surface area contributed by atoms with Crippen LogP contribution in [0.4, 0.5) is 0 Å². The molecular formula is C22H34O4. The van der Waals surface area contributed by atoms with Gasteiger partial charge < -0.3 is 14.6 Å². The lowest BCUT2D eigenvalue weighted by molar-refractivity contribution is -0.146. The van der Waals surface area contributed by atoms with Gasteiger partial charge in [-0.3, -0.25) is 4.79 Å². The molecule has 1 N–H and O–H groups in total. The molecule has 0 radical (unpaired) electrons. The van der Waals surface area contributed by atoms with E-state index in [9.17, 15) is 9.90 Å². The maximum absolute atomic E-state index is 11.5. The highest BCUT2D eigenvalue weighted by atomic mass is 16.5. The quantitative estimate of drug-likeness (QED) is 0.595. The standard InChI is InChI=1S/C22H34O4/c1-12(2)16-8-7-13(3)19-18-11-14(4)17(25-15(5)23)9-10-22(6,24)21(26-18)20(16)19/h12,16-21,24H,3-4,7-11H2,1-2,5-6H3. The highest BCUT2D eigenvalue weighted by Crippen LogP contribution is 2.54. The van der Waals surface area contributed by atoms with E-state index >= 15 is 0 Å². The Hall–Kier alpha value is -1.13. The summed E-state index contributed by atoms with van der Waals surface area (Å²) in [7, 11) is 0. The first-order valence-corrected chi connectivity index (χ1v) is 10.0. The van der Waals surface area contributed by atoms with Gasteiger partial charge in [0, 0.05) is 12.8 Å². The summed E-state index contributed by atoms with van der Waals surface area (Å²) in [6.45, 7) is 16.4. The number of rotatable bonds is 2. The SMILES string of the molecule is C=C1CC2OC(C3C(C(C)C)CCC(=C)C23)C(C)(O)CCC1OC(C)=O. The molecule has 3 aliphatic rings. The molecule has 4 heteroatoms. The molecule has 1 aliphatic carbocycles. The molecule has 0 aromatic carbocycles. The van der Waals surface area contributed by atoms with Gasteiger partial charge in [0.2, 0.25) is 0 Å². The Balaban J connectivity index is 1.96. The molecule has 2 bridgehead atoms. The van der Waals surface area contributed by atoms with Crippen LogP contribution in [0.1, 0.15) is 59.8 Å². The number of esters is 1. The maximum Gasteiger partial charge on any atom is 0.303 e. The molecule has 2 heterocycles. The molecule has 7 unspecified atom stereocenters. The van der Waals surface area contributed by atoms with Crippen molar-refractivity contribution in [2.75, 3.05) is 0 Å². The van der Waals surface area contributed by atoms with Crippen LogP contribution in [0.25, 0.3) is 0 Å². The molecule has 7 atom stereocenters. The summed E-state index contributed by atoms with van der Waals surface area (Å²) in [6, 6.07) is 0. The van der Waals surface area contributed by atoms with Gasteiger partial charge in [-0.2, -0.15) is 0 Å². The van der Waals surface area contributed by atoms with Gasteiger partial charge in [-0.25, -0.2) is 0 Å². The number of carbonyl (C=O) groups is 1. The molecule has 0 aromatic rings. The lowest BCUT2D eigenvalue weighted by Crippen LogP contribution is -2.48. The lowest BCUT2D eigenvalue weighted by Gasteiger charge is -2.44. The molecule has 26 heavy (non-hydrogen) atoms. The number of aliphatic hydroxyl groups is 1. The molecule has 2 aliphatic heterocycles. The summed E-state index contributed by atoms with van der Waals surface area (Å²) in [6.07, 6.45) is 3.34. The Labute approximate surface area is 157 Å². The molecule has 0 spiro atoms. The van der Waals surface area contributed by atoms with Crippen molar-refractivity contribution in [1.29, 1.82) is 0 Å². The third-order valence-electron chi connectivity index (χ3n) is 6.86. The Bertz CT molecular complexity index is 591. The molecule has 2 saturated heterocycles. The van der Waals surface area contributed by atoms with Gasteiger partial charge in [0.15, 0.2) is 0 Å². The molecule has 4 nitrogen and oxygen atoms in total. The van der Waals surface area contributed by atoms with E-state index in [4.69, 9.17) is 9.47 Å². The Morgan fingerprint density at radius 2 is 2.00 bits per heavy atom. The second-order valence-electron chi connectivity index (χ2n) is 9.16. The minimum Gasteiger partial charge on any atom is -0.458 e. The smallest absolute Gasteiger partial charge is 0.303 e. The second-order valence-corrected chi connectivity index (χ2v) is 9.16. The van der Waals surface area contributed by atoms with Crippen LogP contribution in [-0.4, -0.2) is 35.0 Å². The average Bonchev–Trinajstić information content (AvgIpc) is 2.92. The molecule has 3 rings (SSSR count). The van der Waals surface area contributed by atoms with Crippen molar-refractivity contribution in [2.45, 2.75) is 83.7 Å². The highest BCUT2D eigenvalue weighted by molar-refractivity contribution is 5.66. The van der Waals surface area contributed by atoms with Crippen molar-refractivity contribution in [2.24, 2.45) is 23.7 Å². The third-order valence-corrected chi connectivity index (χ3v) is 6.86. The van der Waals surface area contributed by atoms with Gasteiger partial charge in [-0.15, -0.1) is 0 Å². The molecule has 146 valence electrons. The van der Waals surface area contributed by atoms with E-state index in [2.05, 4.69) is 27.0 Å². The van der Waals surface area contributed by atoms with Crippen LogP contribution in [0.15, 0.2) is 24.3 Å². The van der Waals surface area contributed by atoms with E-state index in [1.54, 1.807) is 0 Å². The number of carbonyl (C=O) groups excluding carboxylic acids is 1. The molecule has 1 saturated carbocycles. The largest absolute Gasteiger partial charge is 0.458 e. The lowest BCUT2D eigenvalue weighted by atomic mass is 9.61. The summed E-state index contributed by atoms with van der Waals surface area (Å²) in [5.74, 6) is 1.33. The number of hydrogen-bond acceptors (Lipinski definition) is 4. The predicted octanol–water partition coefficient (Wildman–Crippen LogP) is 4.03. The van der Waals surface area contributed by atoms with Crippen LogP contribution in [-0.2, 0) is 14.3 Å². The highest BCUT2D eigenvalue weighted by Gasteiger charge is 2.57. The fraction of sp³-hybridized carbons (Fsp3) is 0.773. The Morgan fingerprint density at radius 3 is 2.62 bits per heavy atom. The van der Waals surface area contributed by atoms with Crippen LogP contribution in [0.2, 0.25) is 0 Å². The first-order valence-electron chi connectivity index (χ1n) is 10.0. The number of hydrogen-bond donors (Lipinski definition) is 1. The number of fused-ring (bicyclic) bond motifs is 5. The van der Waals surface area contributed by atoms with Crippen LogP contribution < -0.4 is 0 Å². The van der Waals surface area contributed by atoms with E-state index in [1.165, 1.54) is 12.5 Å². The minimum atomic E-state index is -0.953. The van der Waals surface area contributed by atoms with Gasteiger partial charge in [0.05, 0.1) is 17.8 Å². The first-order chi connectivity index (χ1) is 12.1. The molecule has 0 amide bonds. The molecular weight excluding hydrogens is 328 g/mol. The summed E-state index contributed by atoms with van der Waals surface area (Å²) in [4.78, 5) is 11.5. The monoisotopic (exact) mass is 362 g/mol. The maximum atomic E-state index is 11.5. The zero-order valence-corrected chi connectivity index (χ0v) is 16.7. The van der Waals surface area contributed by atoms with Crippen molar-refractivity contribution < 1.29 is 19.4 Å². The normalized spacial score (nSPS) is 43.5. The summed E-state index contributed by atoms with van der Waals surface area (Å²) >= 11 is 0. The van der Waals surface area contributed by atoms with Gasteiger partial charge in [-0.05, 0) is 62.4 Å². The molecule has 3 fully saturated rings. The zero-order chi connectivity index (χ0) is 19.2. The summed E-state index contributed by atoms with van der Waals surface area (Å²) in [5, 5.41) is 11.3. The fourth-order valence-electron chi connectivity index (χ4n) is 5.55. The van der Waals surface area contributed by atoms with Gasteiger partial charge in [0.25, 0.3) is 0 Å². The van der Waals surface area contributed by atoms with Crippen LogP contribution in [0.5, 0.6) is 0 Å². The van der Waals surface area contributed by atoms with Crippen molar-refractivity contribution in [1.82, 2.24) is 0 Å². The Morgan fingerprint density at radius 1 is 1.31 bits per heavy atom. The van der Waals surface area contributed by atoms with E-state index in [-0.39, 0.29) is 30.2 Å². The predicted molar refractivity (Wildman–Crippen MR) is 102 cm³/mol. The zero-order valence-electron chi connectivity index (χ0n) is 16.7. The van der Waals surface area contributed by atoms with Gasteiger partial charge >= 0.3 is 5.97 Å². The van der Waals surface area contributed by atoms with Crippen LogP contribution >= 0.6 is 0 Å². The van der Waals surface area contributed by atoms with E-state index in [0.29, 0.717) is 37.0 Å². The summed E-state index contributed by atoms with van der Waals surface area (Å²) < 4.78 is 12.0. The van der Waals surface area contributed by atoms with E-state index < -0.39 is 5.60 Å². The first kappa shape index (κ1) is 19.6. The average molecular weight is 363 g/mol. The topological polar surface area (TPSA) is 55.8 Å². The second kappa shape index (κ2) is 7.12. The van der Waals surface area contributed by atoms with E-state index in [0.717, 1.165) is 18.4 Å². The van der Waals surface area contributed by atoms with Crippen molar-refractivity contribution in [3.63, 3.8) is 0 Å². The fourth-order valence-corrected chi connectivity index (χ4v) is 5.55. The van der Waals surface area contributed by atoms with E-state index in [1.807, 2.05) is 6.92 Å². The van der Waals surface area contributed by atoms with Crippen LogP contribution in [0.3, 0.4) is 0 Å². The minimum absolute atomic E-state index is 0.0332. The molecule has 0 aromatic heterocycles. The number of ether oxygens (including phenoxy) is 2. The van der Waals surface area contributed by atoms with Crippen LogP contribution in [0, 0.1) is 23.7 Å². The van der Waals surface area contributed by atoms with Gasteiger partial charge in [0.1, 0.15) is 6.10 Å².